The van der Waals surface area contributed by atoms with Crippen LogP contribution in [-0.4, -0.2) is 9.55 Å². The normalized spacial score (nSPS) is 11.1. The fraction of sp³-hybridized carbons (Fsp3) is 0.143. The highest BCUT2D eigenvalue weighted by Gasteiger charge is 2.12. The summed E-state index contributed by atoms with van der Waals surface area (Å²) in [5.41, 5.74) is 1.72. The van der Waals surface area contributed by atoms with Gasteiger partial charge >= 0.3 is 5.76 Å². The number of hydrogen-bond donors (Lipinski definition) is 1. The number of pyridine rings is 1. The Bertz CT molecular complexity index is 905. The van der Waals surface area contributed by atoms with Crippen LogP contribution in [0.3, 0.4) is 0 Å². The summed E-state index contributed by atoms with van der Waals surface area (Å²) < 4.78 is 6.46. The molecule has 0 aliphatic heterocycles. The van der Waals surface area contributed by atoms with Crippen LogP contribution in [0.4, 0.5) is 0 Å². The van der Waals surface area contributed by atoms with Crippen molar-refractivity contribution in [3.05, 3.63) is 67.5 Å². The number of hydrogen-bond acceptors (Lipinski definition) is 3. The molecule has 102 valence electrons. The molecule has 6 heteroatoms. The molecule has 3 aromatic rings. The molecule has 5 nitrogen and oxygen atoms in total. The number of aryl methyl sites for hydroxylation is 1. The number of oxazole rings is 1. The van der Waals surface area contributed by atoms with E-state index in [-0.39, 0.29) is 11.1 Å². The first-order valence-electron chi connectivity index (χ1n) is 6.02. The Labute approximate surface area is 118 Å². The summed E-state index contributed by atoms with van der Waals surface area (Å²) in [5.74, 6) is -0.629. The van der Waals surface area contributed by atoms with Crippen LogP contribution in [0.1, 0.15) is 11.1 Å². The van der Waals surface area contributed by atoms with Crippen molar-refractivity contribution < 1.29 is 4.42 Å². The molecule has 2 heterocycles. The van der Waals surface area contributed by atoms with Crippen molar-refractivity contribution in [3.8, 4) is 0 Å². The van der Waals surface area contributed by atoms with Gasteiger partial charge in [-0.05, 0) is 18.6 Å². The van der Waals surface area contributed by atoms with Gasteiger partial charge in [0.25, 0.3) is 5.56 Å². The molecule has 0 amide bonds. The summed E-state index contributed by atoms with van der Waals surface area (Å²) in [6.07, 6.45) is 1.66. The van der Waals surface area contributed by atoms with E-state index in [1.54, 1.807) is 19.2 Å². The van der Waals surface area contributed by atoms with Crippen molar-refractivity contribution in [2.75, 3.05) is 0 Å². The van der Waals surface area contributed by atoms with Crippen LogP contribution in [0, 0.1) is 6.92 Å². The molecule has 0 radical (unpaired) electrons. The van der Waals surface area contributed by atoms with E-state index in [2.05, 4.69) is 4.98 Å². The van der Waals surface area contributed by atoms with Crippen LogP contribution in [-0.2, 0) is 6.54 Å². The van der Waals surface area contributed by atoms with Gasteiger partial charge in [-0.25, -0.2) is 4.79 Å². The smallest absolute Gasteiger partial charge is 0.407 e. The average molecular weight is 291 g/mol. The summed E-state index contributed by atoms with van der Waals surface area (Å²) in [4.78, 5) is 25.9. The van der Waals surface area contributed by atoms with E-state index >= 15 is 0 Å². The van der Waals surface area contributed by atoms with Gasteiger partial charge in [0.15, 0.2) is 11.1 Å². The molecule has 0 saturated heterocycles. The van der Waals surface area contributed by atoms with Gasteiger partial charge in [0, 0.05) is 16.8 Å². The Kier molecular flexibility index (Phi) is 2.99. The maximum Gasteiger partial charge on any atom is 0.417 e. The van der Waals surface area contributed by atoms with Gasteiger partial charge in [-0.2, -0.15) is 0 Å². The Balaban J connectivity index is 2.18. The van der Waals surface area contributed by atoms with Crippen LogP contribution in [0.2, 0.25) is 5.02 Å². The zero-order chi connectivity index (χ0) is 14.3. The summed E-state index contributed by atoms with van der Waals surface area (Å²) >= 11 is 6.10. The zero-order valence-corrected chi connectivity index (χ0v) is 11.4. The van der Waals surface area contributed by atoms with Crippen molar-refractivity contribution in [1.82, 2.24) is 9.55 Å². The molecule has 2 aromatic heterocycles. The van der Waals surface area contributed by atoms with E-state index in [9.17, 15) is 9.59 Å². The number of nitrogens with zero attached hydrogens (tertiary/aromatic N) is 1. The molecule has 1 aromatic carbocycles. The lowest BCUT2D eigenvalue weighted by Crippen LogP contribution is -2.21. The molecule has 1 N–H and O–H groups in total. The molecule has 0 unspecified atom stereocenters. The number of benzene rings is 1. The van der Waals surface area contributed by atoms with Gasteiger partial charge < -0.3 is 8.98 Å². The van der Waals surface area contributed by atoms with E-state index in [0.29, 0.717) is 22.7 Å². The van der Waals surface area contributed by atoms with Crippen molar-refractivity contribution in [2.45, 2.75) is 13.5 Å². The number of fused-ring (bicyclic) bond motifs is 1. The second-order valence-corrected chi connectivity index (χ2v) is 4.96. The van der Waals surface area contributed by atoms with E-state index < -0.39 is 5.76 Å². The highest BCUT2D eigenvalue weighted by atomic mass is 35.5. The maximum atomic E-state index is 12.3. The first-order valence-corrected chi connectivity index (χ1v) is 6.40. The lowest BCUT2D eigenvalue weighted by atomic mass is 10.2. The summed E-state index contributed by atoms with van der Waals surface area (Å²) in [6, 6.07) is 7.31. The van der Waals surface area contributed by atoms with Gasteiger partial charge in [-0.15, -0.1) is 0 Å². The predicted octanol–water partition coefficient (Wildman–Crippen LogP) is 2.29. The lowest BCUT2D eigenvalue weighted by molar-refractivity contribution is 0.552. The Hall–Kier alpha value is -2.27. The predicted molar refractivity (Wildman–Crippen MR) is 76.4 cm³/mol. The fourth-order valence-electron chi connectivity index (χ4n) is 2.18. The molecule has 3 rings (SSSR count). The minimum Gasteiger partial charge on any atom is -0.407 e. The molecule has 0 atom stereocenters. The SMILES string of the molecule is Cc1cn(Cc2ccccc2Cl)c(=O)c2[nH]c(=O)oc12. The molecular formula is C14H11ClN2O3. The molecule has 0 saturated carbocycles. The molecule has 0 aliphatic rings. The van der Waals surface area contributed by atoms with Crippen molar-refractivity contribution in [3.63, 3.8) is 0 Å². The fourth-order valence-corrected chi connectivity index (χ4v) is 2.37. The number of aromatic nitrogens is 2. The van der Waals surface area contributed by atoms with Gasteiger partial charge in [0.2, 0.25) is 0 Å². The summed E-state index contributed by atoms with van der Waals surface area (Å²) in [6.45, 7) is 2.12. The Morgan fingerprint density at radius 2 is 2.05 bits per heavy atom. The van der Waals surface area contributed by atoms with Crippen LogP contribution in [0.15, 0.2) is 44.5 Å². The van der Waals surface area contributed by atoms with E-state index in [4.69, 9.17) is 16.0 Å². The Morgan fingerprint density at radius 3 is 2.80 bits per heavy atom. The van der Waals surface area contributed by atoms with Crippen LogP contribution in [0.5, 0.6) is 0 Å². The highest BCUT2D eigenvalue weighted by Crippen LogP contribution is 2.17. The molecule has 0 fully saturated rings. The average Bonchev–Trinajstić information content (AvgIpc) is 2.81. The number of nitrogens with one attached hydrogen (secondary N) is 1. The lowest BCUT2D eigenvalue weighted by Gasteiger charge is -2.08. The third-order valence-corrected chi connectivity index (χ3v) is 3.50. The first-order chi connectivity index (χ1) is 9.56. The van der Waals surface area contributed by atoms with Gasteiger partial charge in [-0.1, -0.05) is 29.8 Å². The second kappa shape index (κ2) is 4.68. The number of aromatic amines is 1. The zero-order valence-electron chi connectivity index (χ0n) is 10.6. The first kappa shape index (κ1) is 12.7. The monoisotopic (exact) mass is 290 g/mol. The largest absolute Gasteiger partial charge is 0.417 e. The third kappa shape index (κ3) is 2.06. The Morgan fingerprint density at radius 1 is 1.30 bits per heavy atom. The molecular weight excluding hydrogens is 280 g/mol. The standard InChI is InChI=1S/C14H11ClN2O3/c1-8-6-17(7-9-4-2-3-5-10(9)15)13(18)11-12(8)20-14(19)16-11/h2-6H,7H2,1H3,(H,16,19). The van der Waals surface area contributed by atoms with Crippen LogP contribution in [0.25, 0.3) is 11.1 Å². The van der Waals surface area contributed by atoms with Crippen LogP contribution >= 0.6 is 11.6 Å². The molecule has 0 aliphatic carbocycles. The number of H-pyrrole nitrogens is 1. The van der Waals surface area contributed by atoms with Crippen LogP contribution < -0.4 is 11.3 Å². The minimum atomic E-state index is -0.629. The van der Waals surface area contributed by atoms with Gasteiger partial charge in [0.05, 0.1) is 6.54 Å². The van der Waals surface area contributed by atoms with Gasteiger partial charge in [-0.3, -0.25) is 9.78 Å². The molecule has 20 heavy (non-hydrogen) atoms. The summed E-state index contributed by atoms with van der Waals surface area (Å²) in [5, 5.41) is 0.595. The van der Waals surface area contributed by atoms with E-state index in [1.165, 1.54) is 4.57 Å². The third-order valence-electron chi connectivity index (χ3n) is 3.13. The quantitative estimate of drug-likeness (QED) is 0.787. The minimum absolute atomic E-state index is 0.182. The van der Waals surface area contributed by atoms with E-state index in [0.717, 1.165) is 5.56 Å². The number of halogens is 1. The topological polar surface area (TPSA) is 68.0 Å². The van der Waals surface area contributed by atoms with Crippen molar-refractivity contribution in [1.29, 1.82) is 0 Å². The van der Waals surface area contributed by atoms with Crippen molar-refractivity contribution in [2.24, 2.45) is 0 Å². The highest BCUT2D eigenvalue weighted by molar-refractivity contribution is 6.31. The van der Waals surface area contributed by atoms with Crippen molar-refractivity contribution >= 4 is 22.7 Å². The second-order valence-electron chi connectivity index (χ2n) is 4.56. The maximum absolute atomic E-state index is 12.3. The number of rotatable bonds is 2. The van der Waals surface area contributed by atoms with E-state index in [1.807, 2.05) is 18.2 Å². The van der Waals surface area contributed by atoms with Gasteiger partial charge in [0.1, 0.15) is 0 Å². The molecule has 0 bridgehead atoms. The summed E-state index contributed by atoms with van der Waals surface area (Å²) in [7, 11) is 0. The molecule has 0 spiro atoms.